The number of nitrogens with zero attached hydrogens (tertiary/aromatic N) is 3. The first-order valence-corrected chi connectivity index (χ1v) is 14.0. The molecule has 0 bridgehead atoms. The maximum absolute atomic E-state index is 12.7. The lowest BCUT2D eigenvalue weighted by atomic mass is 10.3. The third-order valence-corrected chi connectivity index (χ3v) is 6.20. The number of hydrogen-bond donors (Lipinski definition) is 4. The highest BCUT2D eigenvalue weighted by molar-refractivity contribution is 6.13. The Hall–Kier alpha value is -3.93. The van der Waals surface area contributed by atoms with Crippen molar-refractivity contribution in [3.05, 3.63) is 12.2 Å². The van der Waals surface area contributed by atoms with Gasteiger partial charge in [-0.25, -0.2) is 0 Å². The van der Waals surface area contributed by atoms with Crippen molar-refractivity contribution in [1.82, 2.24) is 36.0 Å². The largest absolute Gasteiger partial charge is 0.378 e. The molecule has 0 unspecified atom stereocenters. The van der Waals surface area contributed by atoms with Crippen LogP contribution < -0.4 is 21.3 Å². The molecule has 4 N–H and O–H groups in total. The fourth-order valence-corrected chi connectivity index (χ4v) is 3.81. The van der Waals surface area contributed by atoms with E-state index >= 15 is 0 Å². The molecule has 2 heterocycles. The van der Waals surface area contributed by atoms with Crippen molar-refractivity contribution < 1.29 is 47.8 Å². The van der Waals surface area contributed by atoms with Gasteiger partial charge >= 0.3 is 0 Å². The fraction of sp³-hybridized carbons (Fsp3) is 0.654. The number of ether oxygens (including phenoxy) is 3. The van der Waals surface area contributed by atoms with Crippen molar-refractivity contribution >= 4 is 41.4 Å². The van der Waals surface area contributed by atoms with E-state index in [0.717, 1.165) is 4.90 Å². The molecule has 0 aliphatic carbocycles. The number of hydrogen-bond acceptors (Lipinski definition) is 11. The molecule has 0 aromatic rings. The van der Waals surface area contributed by atoms with E-state index in [9.17, 15) is 33.6 Å². The normalized spacial score (nSPS) is 16.7. The van der Waals surface area contributed by atoms with Crippen LogP contribution in [0.25, 0.3) is 0 Å². The van der Waals surface area contributed by atoms with Gasteiger partial charge in [-0.1, -0.05) is 0 Å². The molecule has 0 aromatic heterocycles. The number of imide groups is 1. The molecule has 7 amide bonds. The van der Waals surface area contributed by atoms with Crippen LogP contribution >= 0.6 is 0 Å². The van der Waals surface area contributed by atoms with E-state index in [1.807, 2.05) is 0 Å². The van der Waals surface area contributed by atoms with Gasteiger partial charge in [0.15, 0.2) is 0 Å². The Labute approximate surface area is 249 Å². The van der Waals surface area contributed by atoms with Gasteiger partial charge in [-0.15, -0.1) is 0 Å². The summed E-state index contributed by atoms with van der Waals surface area (Å²) in [6, 6.07) is 0. The lowest BCUT2D eigenvalue weighted by Crippen LogP contribution is -2.46. The number of rotatable bonds is 14. The fourth-order valence-electron chi connectivity index (χ4n) is 3.81. The van der Waals surface area contributed by atoms with Crippen molar-refractivity contribution in [2.75, 3.05) is 98.7 Å². The van der Waals surface area contributed by atoms with Gasteiger partial charge in [0.1, 0.15) is 6.73 Å². The molecule has 17 nitrogen and oxygen atoms in total. The van der Waals surface area contributed by atoms with E-state index in [1.165, 1.54) is 12.2 Å². The van der Waals surface area contributed by atoms with Crippen LogP contribution in [0.15, 0.2) is 12.2 Å². The highest BCUT2D eigenvalue weighted by Gasteiger charge is 2.25. The SMILES string of the molecule is CCOCNC(=O)CNC(=O)CNC(=O)CNC(=O)CN1CCOCCN(C(=O)CCN2C(=O)C=CC2=O)CCOCC1. The van der Waals surface area contributed by atoms with Gasteiger partial charge in [-0.2, -0.15) is 0 Å². The van der Waals surface area contributed by atoms with Gasteiger partial charge in [-0.05, 0) is 6.92 Å². The van der Waals surface area contributed by atoms with Crippen LogP contribution in [-0.2, 0) is 47.8 Å². The van der Waals surface area contributed by atoms with Gasteiger partial charge in [-0.3, -0.25) is 43.4 Å². The summed E-state index contributed by atoms with van der Waals surface area (Å²) in [5.41, 5.74) is 0. The van der Waals surface area contributed by atoms with Gasteiger partial charge in [0, 0.05) is 57.9 Å². The van der Waals surface area contributed by atoms with E-state index in [2.05, 4.69) is 21.3 Å². The summed E-state index contributed by atoms with van der Waals surface area (Å²) in [6.07, 6.45) is 2.35. The van der Waals surface area contributed by atoms with Crippen LogP contribution in [0.5, 0.6) is 0 Å². The summed E-state index contributed by atoms with van der Waals surface area (Å²) in [4.78, 5) is 88.1. The second-order valence-corrected chi connectivity index (χ2v) is 9.36. The van der Waals surface area contributed by atoms with Crippen LogP contribution in [0.1, 0.15) is 13.3 Å². The molecule has 17 heteroatoms. The van der Waals surface area contributed by atoms with Crippen molar-refractivity contribution in [2.24, 2.45) is 0 Å². The van der Waals surface area contributed by atoms with Crippen molar-refractivity contribution in [3.63, 3.8) is 0 Å². The summed E-state index contributed by atoms with van der Waals surface area (Å²) in [5, 5.41) is 9.66. The molecule has 2 aliphatic rings. The molecule has 1 fully saturated rings. The van der Waals surface area contributed by atoms with Crippen LogP contribution in [0.4, 0.5) is 0 Å². The van der Waals surface area contributed by atoms with Gasteiger partial charge in [0.25, 0.3) is 11.8 Å². The molecule has 0 spiro atoms. The third kappa shape index (κ3) is 14.7. The minimum atomic E-state index is -0.570. The zero-order valence-corrected chi connectivity index (χ0v) is 24.4. The molecular formula is C26H41N7O10. The molecule has 43 heavy (non-hydrogen) atoms. The summed E-state index contributed by atoms with van der Waals surface area (Å²) in [7, 11) is 0. The van der Waals surface area contributed by atoms with Crippen LogP contribution in [-0.4, -0.2) is 155 Å². The molecule has 1 saturated heterocycles. The Morgan fingerprint density at radius 1 is 0.744 bits per heavy atom. The Bertz CT molecular complexity index is 990. The first-order valence-electron chi connectivity index (χ1n) is 14.0. The van der Waals surface area contributed by atoms with E-state index in [4.69, 9.17) is 14.2 Å². The van der Waals surface area contributed by atoms with Gasteiger partial charge in [0.05, 0.1) is 52.6 Å². The molecule has 0 saturated carbocycles. The molecule has 0 aromatic carbocycles. The second kappa shape index (κ2) is 20.1. The monoisotopic (exact) mass is 611 g/mol. The summed E-state index contributed by atoms with van der Waals surface area (Å²) >= 11 is 0. The Morgan fingerprint density at radius 3 is 1.77 bits per heavy atom. The molecule has 240 valence electrons. The number of amides is 7. The first-order chi connectivity index (χ1) is 20.7. The summed E-state index contributed by atoms with van der Waals surface area (Å²) in [5.74, 6) is -3.06. The first kappa shape index (κ1) is 35.3. The van der Waals surface area contributed by atoms with Crippen molar-refractivity contribution in [2.45, 2.75) is 13.3 Å². The van der Waals surface area contributed by atoms with Crippen LogP contribution in [0.2, 0.25) is 0 Å². The molecule has 2 rings (SSSR count). The van der Waals surface area contributed by atoms with Crippen molar-refractivity contribution in [3.8, 4) is 0 Å². The highest BCUT2D eigenvalue weighted by Crippen LogP contribution is 2.06. The second-order valence-electron chi connectivity index (χ2n) is 9.36. The molecule has 0 atom stereocenters. The van der Waals surface area contributed by atoms with Crippen LogP contribution in [0, 0.1) is 0 Å². The number of nitrogens with one attached hydrogen (secondary N) is 4. The summed E-state index contributed by atoms with van der Waals surface area (Å²) in [6.45, 7) is 3.79. The van der Waals surface area contributed by atoms with Gasteiger partial charge in [0.2, 0.25) is 29.5 Å². The van der Waals surface area contributed by atoms with Crippen LogP contribution in [0.3, 0.4) is 0 Å². The highest BCUT2D eigenvalue weighted by atomic mass is 16.5. The molecule has 0 radical (unpaired) electrons. The lowest BCUT2D eigenvalue weighted by Gasteiger charge is -2.26. The Morgan fingerprint density at radius 2 is 1.23 bits per heavy atom. The number of carbonyl (C=O) groups excluding carboxylic acids is 7. The zero-order chi connectivity index (χ0) is 31.5. The molecule has 2 aliphatic heterocycles. The van der Waals surface area contributed by atoms with E-state index in [0.29, 0.717) is 32.8 Å². The lowest BCUT2D eigenvalue weighted by molar-refractivity contribution is -0.139. The quantitative estimate of drug-likeness (QED) is 0.0845. The number of carbonyl (C=O) groups is 7. The average Bonchev–Trinajstić information content (AvgIpc) is 3.30. The van der Waals surface area contributed by atoms with E-state index in [1.54, 1.807) is 16.7 Å². The van der Waals surface area contributed by atoms with Crippen molar-refractivity contribution in [1.29, 1.82) is 0 Å². The summed E-state index contributed by atoms with van der Waals surface area (Å²) < 4.78 is 16.3. The topological polar surface area (TPSA) is 205 Å². The maximum atomic E-state index is 12.7. The third-order valence-electron chi connectivity index (χ3n) is 6.20. The van der Waals surface area contributed by atoms with E-state index in [-0.39, 0.29) is 78.2 Å². The Kier molecular flexibility index (Phi) is 16.5. The molecular weight excluding hydrogens is 570 g/mol. The standard InChI is InChI=1S/C26H41N7O10/c1-2-41-19-30-22(36)17-28-20(34)15-27-21(35)16-29-23(37)18-31-7-11-42-13-9-32(10-14-43-12-8-31)24(38)5-6-33-25(39)3-4-26(33)40/h3-4H,2,5-19H2,1H3,(H,27,35)(H,28,34)(H,29,37)(H,30,36). The average molecular weight is 612 g/mol. The Balaban J connectivity index is 1.62. The predicted octanol–water partition coefficient (Wildman–Crippen LogP) is -4.06. The smallest absolute Gasteiger partial charge is 0.253 e. The van der Waals surface area contributed by atoms with Gasteiger partial charge < -0.3 is 40.4 Å². The zero-order valence-electron chi connectivity index (χ0n) is 24.4. The minimum Gasteiger partial charge on any atom is -0.378 e. The maximum Gasteiger partial charge on any atom is 0.253 e. The predicted molar refractivity (Wildman–Crippen MR) is 149 cm³/mol. The minimum absolute atomic E-state index is 0.00136. The van der Waals surface area contributed by atoms with E-state index < -0.39 is 35.4 Å².